The van der Waals surface area contributed by atoms with Gasteiger partial charge in [0.2, 0.25) is 0 Å². The lowest BCUT2D eigenvalue weighted by Gasteiger charge is -2.15. The Morgan fingerprint density at radius 2 is 2.08 bits per heavy atom. The Kier molecular flexibility index (Phi) is 5.42. The number of aryl methyl sites for hydroxylation is 1. The van der Waals surface area contributed by atoms with Crippen LogP contribution in [0.3, 0.4) is 0 Å². The number of amides is 1. The first kappa shape index (κ1) is 17.9. The second-order valence-electron chi connectivity index (χ2n) is 6.03. The molecule has 2 heterocycles. The molecule has 3 aromatic rings. The first-order valence-electron chi connectivity index (χ1n) is 8.11. The first-order valence-corrected chi connectivity index (χ1v) is 9.30. The smallest absolute Gasteiger partial charge is 0.263 e. The van der Waals surface area contributed by atoms with E-state index in [1.54, 1.807) is 4.90 Å². The topological polar surface area (TPSA) is 50.2 Å². The monoisotopic (exact) mass is 376 g/mol. The molecule has 0 saturated heterocycles. The summed E-state index contributed by atoms with van der Waals surface area (Å²) in [5, 5.41) is 9.45. The minimum atomic E-state index is 0.0499. The van der Waals surface area contributed by atoms with Gasteiger partial charge in [0.25, 0.3) is 5.91 Å². The Morgan fingerprint density at radius 3 is 2.76 bits per heavy atom. The number of likely N-dealkylation sites (N-methyl/N-ethyl adjacent to an activating group) is 2. The number of hydrogen-bond donors (Lipinski definition) is 1. The summed E-state index contributed by atoms with van der Waals surface area (Å²) in [6, 6.07) is 9.71. The Hall–Kier alpha value is -1.89. The number of nitrogens with one attached hydrogen (secondary N) is 1. The molecule has 3 rings (SSSR count). The molecule has 0 atom stereocenters. The van der Waals surface area contributed by atoms with Crippen LogP contribution in [0.15, 0.2) is 30.3 Å². The molecule has 0 spiro atoms. The van der Waals surface area contributed by atoms with Crippen LogP contribution >= 0.6 is 22.9 Å². The highest BCUT2D eigenvalue weighted by molar-refractivity contribution is 7.20. The summed E-state index contributed by atoms with van der Waals surface area (Å²) in [4.78, 5) is 16.1. The van der Waals surface area contributed by atoms with Gasteiger partial charge >= 0.3 is 0 Å². The Labute approximate surface area is 156 Å². The molecule has 1 N–H and O–H groups in total. The van der Waals surface area contributed by atoms with Gasteiger partial charge in [-0.15, -0.1) is 11.3 Å². The Bertz CT molecular complexity index is 885. The summed E-state index contributed by atoms with van der Waals surface area (Å²) in [5.41, 5.74) is 2.07. The summed E-state index contributed by atoms with van der Waals surface area (Å²) < 4.78 is 1.96. The van der Waals surface area contributed by atoms with Crippen LogP contribution in [-0.2, 0) is 6.54 Å². The number of carbonyl (C=O) groups excluding carboxylic acids is 1. The van der Waals surface area contributed by atoms with Gasteiger partial charge in [-0.25, -0.2) is 0 Å². The van der Waals surface area contributed by atoms with Crippen molar-refractivity contribution in [3.05, 3.63) is 51.5 Å². The van der Waals surface area contributed by atoms with E-state index in [4.69, 9.17) is 11.6 Å². The highest BCUT2D eigenvalue weighted by Crippen LogP contribution is 2.29. The van der Waals surface area contributed by atoms with Crippen molar-refractivity contribution in [3.8, 4) is 0 Å². The van der Waals surface area contributed by atoms with Crippen LogP contribution in [0.5, 0.6) is 0 Å². The van der Waals surface area contributed by atoms with Crippen molar-refractivity contribution in [2.75, 3.05) is 27.2 Å². The number of benzene rings is 1. The first-order chi connectivity index (χ1) is 12.0. The molecule has 0 aliphatic heterocycles. The fourth-order valence-corrected chi connectivity index (χ4v) is 3.94. The minimum absolute atomic E-state index is 0.0499. The fourth-order valence-electron chi connectivity index (χ4n) is 2.66. The summed E-state index contributed by atoms with van der Waals surface area (Å²) in [5.74, 6) is 0.0499. The van der Waals surface area contributed by atoms with Crippen molar-refractivity contribution in [1.29, 1.82) is 0 Å². The molecule has 132 valence electrons. The standard InChI is InChI=1S/C18H21ClN4OS/c1-12-15-10-16(17(24)22(3)9-8-20-2)25-18(15)23(21-12)11-13-4-6-14(19)7-5-13/h4-7,10,20H,8-9,11H2,1-3H3. The normalized spacial score (nSPS) is 11.2. The molecule has 0 bridgehead atoms. The van der Waals surface area contributed by atoms with E-state index in [1.807, 2.05) is 56.0 Å². The summed E-state index contributed by atoms with van der Waals surface area (Å²) in [6.07, 6.45) is 0. The van der Waals surface area contributed by atoms with Gasteiger partial charge in [-0.05, 0) is 37.7 Å². The quantitative estimate of drug-likeness (QED) is 0.717. The molecule has 5 nitrogen and oxygen atoms in total. The molecule has 1 aromatic carbocycles. The van der Waals surface area contributed by atoms with Crippen LogP contribution in [0.2, 0.25) is 5.02 Å². The lowest BCUT2D eigenvalue weighted by atomic mass is 10.2. The number of carbonyl (C=O) groups is 1. The van der Waals surface area contributed by atoms with E-state index in [9.17, 15) is 4.79 Å². The summed E-state index contributed by atoms with van der Waals surface area (Å²) in [7, 11) is 3.71. The van der Waals surface area contributed by atoms with E-state index in [2.05, 4.69) is 10.4 Å². The van der Waals surface area contributed by atoms with E-state index in [0.29, 0.717) is 13.1 Å². The van der Waals surface area contributed by atoms with Crippen LogP contribution in [0.25, 0.3) is 10.2 Å². The number of halogens is 1. The lowest BCUT2D eigenvalue weighted by Crippen LogP contribution is -2.32. The zero-order chi connectivity index (χ0) is 18.0. The van der Waals surface area contributed by atoms with Gasteiger partial charge in [-0.1, -0.05) is 23.7 Å². The molecule has 0 fully saturated rings. The molecule has 0 radical (unpaired) electrons. The number of fused-ring (bicyclic) bond motifs is 1. The molecule has 0 aliphatic rings. The molecule has 0 aliphatic carbocycles. The van der Waals surface area contributed by atoms with Crippen LogP contribution in [0, 0.1) is 6.92 Å². The predicted octanol–water partition coefficient (Wildman–Crippen LogP) is 3.40. The van der Waals surface area contributed by atoms with Gasteiger partial charge in [-0.3, -0.25) is 9.48 Å². The van der Waals surface area contributed by atoms with Gasteiger partial charge < -0.3 is 10.2 Å². The highest BCUT2D eigenvalue weighted by atomic mass is 35.5. The third kappa shape index (κ3) is 3.86. The van der Waals surface area contributed by atoms with Crippen molar-refractivity contribution >= 4 is 39.1 Å². The van der Waals surface area contributed by atoms with Crippen LogP contribution in [0.1, 0.15) is 20.9 Å². The summed E-state index contributed by atoms with van der Waals surface area (Å²) >= 11 is 7.45. The number of nitrogens with zero attached hydrogens (tertiary/aromatic N) is 3. The third-order valence-electron chi connectivity index (χ3n) is 4.11. The zero-order valence-corrected chi connectivity index (χ0v) is 16.1. The SMILES string of the molecule is CNCCN(C)C(=O)c1cc2c(C)nn(Cc3ccc(Cl)cc3)c2s1. The van der Waals surface area contributed by atoms with Crippen molar-refractivity contribution < 1.29 is 4.79 Å². The number of aromatic nitrogens is 2. The van der Waals surface area contributed by atoms with E-state index in [-0.39, 0.29) is 5.91 Å². The van der Waals surface area contributed by atoms with E-state index >= 15 is 0 Å². The third-order valence-corrected chi connectivity index (χ3v) is 5.50. The lowest BCUT2D eigenvalue weighted by molar-refractivity contribution is 0.0801. The van der Waals surface area contributed by atoms with Crippen molar-refractivity contribution in [3.63, 3.8) is 0 Å². The average molecular weight is 377 g/mol. The molecule has 1 amide bonds. The van der Waals surface area contributed by atoms with Crippen molar-refractivity contribution in [1.82, 2.24) is 20.0 Å². The molecule has 0 saturated carbocycles. The summed E-state index contributed by atoms with van der Waals surface area (Å²) in [6.45, 7) is 4.09. The van der Waals surface area contributed by atoms with Gasteiger partial charge in [0.05, 0.1) is 17.1 Å². The Balaban J connectivity index is 1.87. The highest BCUT2D eigenvalue weighted by Gasteiger charge is 2.18. The van der Waals surface area contributed by atoms with Gasteiger partial charge in [0, 0.05) is 30.5 Å². The average Bonchev–Trinajstić information content (AvgIpc) is 3.16. The van der Waals surface area contributed by atoms with E-state index < -0.39 is 0 Å². The zero-order valence-electron chi connectivity index (χ0n) is 14.5. The molecular weight excluding hydrogens is 356 g/mol. The van der Waals surface area contributed by atoms with Crippen LogP contribution < -0.4 is 5.32 Å². The molecule has 0 unspecified atom stereocenters. The second kappa shape index (κ2) is 7.56. The maximum atomic E-state index is 12.6. The van der Waals surface area contributed by atoms with Gasteiger partial charge in [-0.2, -0.15) is 5.10 Å². The maximum absolute atomic E-state index is 12.6. The fraction of sp³-hybridized carbons (Fsp3) is 0.333. The number of rotatable bonds is 6. The van der Waals surface area contributed by atoms with Crippen LogP contribution in [-0.4, -0.2) is 47.8 Å². The van der Waals surface area contributed by atoms with E-state index in [1.165, 1.54) is 11.3 Å². The van der Waals surface area contributed by atoms with Gasteiger partial charge in [0.1, 0.15) is 4.83 Å². The van der Waals surface area contributed by atoms with Crippen molar-refractivity contribution in [2.24, 2.45) is 0 Å². The van der Waals surface area contributed by atoms with Gasteiger partial charge in [0.15, 0.2) is 0 Å². The predicted molar refractivity (Wildman–Crippen MR) is 104 cm³/mol. The second-order valence-corrected chi connectivity index (χ2v) is 7.50. The number of thiophene rings is 1. The van der Waals surface area contributed by atoms with Crippen molar-refractivity contribution in [2.45, 2.75) is 13.5 Å². The van der Waals surface area contributed by atoms with E-state index in [0.717, 1.165) is 37.9 Å². The largest absolute Gasteiger partial charge is 0.340 e. The molecule has 7 heteroatoms. The number of hydrogen-bond acceptors (Lipinski definition) is 4. The Morgan fingerprint density at radius 1 is 1.36 bits per heavy atom. The molecule has 2 aromatic heterocycles. The maximum Gasteiger partial charge on any atom is 0.263 e. The minimum Gasteiger partial charge on any atom is -0.340 e. The van der Waals surface area contributed by atoms with Crippen LogP contribution in [0.4, 0.5) is 0 Å². The molecular formula is C18H21ClN4OS. The molecule has 25 heavy (non-hydrogen) atoms.